The fourth-order valence-electron chi connectivity index (χ4n) is 0.953. The van der Waals surface area contributed by atoms with E-state index in [-0.39, 0.29) is 0 Å². The van der Waals surface area contributed by atoms with Gasteiger partial charge in [-0.25, -0.2) is 0 Å². The molecule has 0 aliphatic carbocycles. The molecule has 0 aliphatic rings. The van der Waals surface area contributed by atoms with Gasteiger partial charge in [0.1, 0.15) is 0 Å². The van der Waals surface area contributed by atoms with E-state index in [0.717, 1.165) is 0 Å². The lowest BCUT2D eigenvalue weighted by atomic mass is 10.1. The summed E-state index contributed by atoms with van der Waals surface area (Å²) in [5.74, 6) is 1.31. The Balaban J connectivity index is 3.14. The molecule has 0 fully saturated rings. The lowest BCUT2D eigenvalue weighted by molar-refractivity contribution is 0.607. The lowest BCUT2D eigenvalue weighted by Crippen LogP contribution is -1.86. The maximum absolute atomic E-state index is 3.95. The van der Waals surface area contributed by atoms with Crippen LogP contribution in [0.25, 0.3) is 0 Å². The number of unbranched alkanes of at least 4 members (excludes halogenated alkanes) is 1. The second-order valence-corrected chi connectivity index (χ2v) is 3.71. The molecule has 0 rings (SSSR count). The average molecular weight is 153 g/mol. The average Bonchev–Trinajstić information content (AvgIpc) is 1.85. The Morgan fingerprint density at radius 2 is 1.91 bits per heavy atom. The molecule has 0 aromatic rings. The van der Waals surface area contributed by atoms with E-state index in [1.165, 1.54) is 19.3 Å². The highest BCUT2D eigenvalue weighted by Crippen LogP contribution is 2.06. The lowest BCUT2D eigenvalue weighted by Gasteiger charge is -2.00. The maximum Gasteiger partial charge on any atom is -0.0290 e. The molecule has 11 heavy (non-hydrogen) atoms. The molecule has 0 saturated heterocycles. The number of rotatable bonds is 5. The quantitative estimate of drug-likeness (QED) is 0.416. The molecular formula is C11H21. The fourth-order valence-corrected chi connectivity index (χ4v) is 0.953. The second-order valence-electron chi connectivity index (χ2n) is 3.71. The van der Waals surface area contributed by atoms with Crippen LogP contribution < -0.4 is 0 Å². The van der Waals surface area contributed by atoms with Gasteiger partial charge in [-0.1, -0.05) is 46.3 Å². The van der Waals surface area contributed by atoms with Gasteiger partial charge in [-0.2, -0.15) is 0 Å². The Hall–Kier alpha value is -0.260. The van der Waals surface area contributed by atoms with E-state index < -0.39 is 0 Å². The smallest absolute Gasteiger partial charge is 0.0290 e. The van der Waals surface area contributed by atoms with Crippen molar-refractivity contribution >= 4 is 0 Å². The summed E-state index contributed by atoms with van der Waals surface area (Å²) in [4.78, 5) is 0. The van der Waals surface area contributed by atoms with Crippen molar-refractivity contribution in [2.75, 3.05) is 0 Å². The summed E-state index contributed by atoms with van der Waals surface area (Å²) in [6.07, 6.45) is 8.31. The molecular weight excluding hydrogens is 132 g/mol. The molecule has 0 saturated carbocycles. The van der Waals surface area contributed by atoms with E-state index in [2.05, 4.69) is 39.8 Å². The molecule has 0 heterocycles. The standard InChI is InChI=1S/C11H21/c1-10(2)8-6-5-7-9-11(3)4/h7,9-11H,1,5-6,8H2,2-4H3/b9-7+. The highest BCUT2D eigenvalue weighted by atomic mass is 14.0. The van der Waals surface area contributed by atoms with Crippen LogP contribution in [0.4, 0.5) is 0 Å². The number of hydrogen-bond donors (Lipinski definition) is 0. The van der Waals surface area contributed by atoms with Gasteiger partial charge in [-0.15, -0.1) is 0 Å². The van der Waals surface area contributed by atoms with Crippen molar-refractivity contribution in [1.82, 2.24) is 0 Å². The van der Waals surface area contributed by atoms with Crippen LogP contribution in [0.3, 0.4) is 0 Å². The number of allylic oxidation sites excluding steroid dienone is 2. The maximum atomic E-state index is 3.95. The zero-order valence-corrected chi connectivity index (χ0v) is 8.14. The molecule has 0 bridgehead atoms. The topological polar surface area (TPSA) is 0 Å². The van der Waals surface area contributed by atoms with Crippen molar-refractivity contribution in [3.8, 4) is 0 Å². The summed E-state index contributed by atoms with van der Waals surface area (Å²) in [5, 5.41) is 0. The third-order valence-electron chi connectivity index (χ3n) is 1.59. The minimum absolute atomic E-state index is 0.613. The van der Waals surface area contributed by atoms with Crippen LogP contribution in [0.1, 0.15) is 40.0 Å². The van der Waals surface area contributed by atoms with Crippen LogP contribution in [-0.4, -0.2) is 0 Å². The predicted molar refractivity (Wildman–Crippen MR) is 52.4 cm³/mol. The van der Waals surface area contributed by atoms with Crippen molar-refractivity contribution < 1.29 is 0 Å². The van der Waals surface area contributed by atoms with Crippen LogP contribution in [0.5, 0.6) is 0 Å². The van der Waals surface area contributed by atoms with Crippen LogP contribution in [0, 0.1) is 18.8 Å². The molecule has 1 atom stereocenters. The van der Waals surface area contributed by atoms with E-state index in [9.17, 15) is 0 Å². The van der Waals surface area contributed by atoms with Crippen molar-refractivity contribution in [2.45, 2.75) is 40.0 Å². The molecule has 65 valence electrons. The normalized spacial score (nSPS) is 12.2. The van der Waals surface area contributed by atoms with Crippen molar-refractivity contribution in [3.05, 3.63) is 19.1 Å². The Morgan fingerprint density at radius 1 is 1.27 bits per heavy atom. The first-order valence-electron chi connectivity index (χ1n) is 4.62. The summed E-state index contributed by atoms with van der Waals surface area (Å²) in [7, 11) is 0. The summed E-state index contributed by atoms with van der Waals surface area (Å²) >= 11 is 0. The highest BCUT2D eigenvalue weighted by Gasteiger charge is 1.91. The van der Waals surface area contributed by atoms with Crippen LogP contribution in [-0.2, 0) is 0 Å². The van der Waals surface area contributed by atoms with E-state index >= 15 is 0 Å². The molecule has 1 radical (unpaired) electrons. The minimum atomic E-state index is 0.613. The molecule has 0 aromatic heterocycles. The molecule has 0 spiro atoms. The molecule has 0 aromatic carbocycles. The van der Waals surface area contributed by atoms with Gasteiger partial charge in [0.25, 0.3) is 0 Å². The zero-order chi connectivity index (χ0) is 8.69. The van der Waals surface area contributed by atoms with Gasteiger partial charge in [0.2, 0.25) is 0 Å². The zero-order valence-electron chi connectivity index (χ0n) is 8.14. The van der Waals surface area contributed by atoms with E-state index in [1.807, 2.05) is 0 Å². The van der Waals surface area contributed by atoms with Crippen molar-refractivity contribution in [3.63, 3.8) is 0 Å². The molecule has 0 amide bonds. The van der Waals surface area contributed by atoms with Crippen molar-refractivity contribution in [1.29, 1.82) is 0 Å². The molecule has 0 N–H and O–H groups in total. The Kier molecular flexibility index (Phi) is 6.30. The first-order chi connectivity index (χ1) is 5.13. The van der Waals surface area contributed by atoms with Crippen LogP contribution >= 0.6 is 0 Å². The summed E-state index contributed by atoms with van der Waals surface area (Å²) in [5.41, 5.74) is 0. The van der Waals surface area contributed by atoms with E-state index in [4.69, 9.17) is 0 Å². The van der Waals surface area contributed by atoms with Crippen LogP contribution in [0.2, 0.25) is 0 Å². The van der Waals surface area contributed by atoms with Gasteiger partial charge in [0.05, 0.1) is 0 Å². The molecule has 0 nitrogen and oxygen atoms in total. The summed E-state index contributed by atoms with van der Waals surface area (Å²) < 4.78 is 0. The van der Waals surface area contributed by atoms with Gasteiger partial charge in [-0.3, -0.25) is 0 Å². The second kappa shape index (κ2) is 6.45. The first-order valence-corrected chi connectivity index (χ1v) is 4.62. The largest absolute Gasteiger partial charge is 0.0883 e. The Bertz CT molecular complexity index is 98.6. The van der Waals surface area contributed by atoms with Crippen molar-refractivity contribution in [2.24, 2.45) is 11.8 Å². The van der Waals surface area contributed by atoms with E-state index in [1.54, 1.807) is 0 Å². The van der Waals surface area contributed by atoms with Gasteiger partial charge in [-0.05, 0) is 24.7 Å². The Labute approximate surface area is 71.7 Å². The first kappa shape index (κ1) is 10.7. The molecule has 0 aliphatic heterocycles. The van der Waals surface area contributed by atoms with Gasteiger partial charge < -0.3 is 0 Å². The molecule has 0 heteroatoms. The van der Waals surface area contributed by atoms with E-state index in [0.29, 0.717) is 11.8 Å². The highest BCUT2D eigenvalue weighted by molar-refractivity contribution is 4.84. The molecule has 1 unspecified atom stereocenters. The predicted octanol–water partition coefficient (Wildman–Crippen LogP) is 3.84. The third kappa shape index (κ3) is 9.74. The fraction of sp³-hybridized carbons (Fsp3) is 0.727. The van der Waals surface area contributed by atoms with Gasteiger partial charge in [0, 0.05) is 0 Å². The number of hydrogen-bond acceptors (Lipinski definition) is 0. The van der Waals surface area contributed by atoms with Crippen LogP contribution in [0.15, 0.2) is 12.2 Å². The summed E-state index contributed by atoms with van der Waals surface area (Å²) in [6, 6.07) is 0. The summed E-state index contributed by atoms with van der Waals surface area (Å²) in [6.45, 7) is 10.5. The minimum Gasteiger partial charge on any atom is -0.0883 e. The van der Waals surface area contributed by atoms with Gasteiger partial charge in [0.15, 0.2) is 0 Å². The van der Waals surface area contributed by atoms with Gasteiger partial charge >= 0.3 is 0 Å². The Morgan fingerprint density at radius 3 is 2.36 bits per heavy atom. The monoisotopic (exact) mass is 153 g/mol. The SMILES string of the molecule is [CH2]C(C)CCC/C=C/C(C)C. The third-order valence-corrected chi connectivity index (χ3v) is 1.59.